The van der Waals surface area contributed by atoms with Crippen LogP contribution in [0.15, 0.2) is 11.6 Å². The molecule has 1 aromatic heterocycles. The van der Waals surface area contributed by atoms with Crippen LogP contribution in [-0.4, -0.2) is 89.9 Å². The molecule has 0 aromatic carbocycles. The predicted molar refractivity (Wildman–Crippen MR) is 109 cm³/mol. The Morgan fingerprint density at radius 3 is 2.54 bits per heavy atom. The van der Waals surface area contributed by atoms with Gasteiger partial charge in [-0.2, -0.15) is 0 Å². The van der Waals surface area contributed by atoms with E-state index >= 15 is 0 Å². The van der Waals surface area contributed by atoms with Gasteiger partial charge in [0.25, 0.3) is 0 Å². The summed E-state index contributed by atoms with van der Waals surface area (Å²) in [6.07, 6.45) is 4.68. The van der Waals surface area contributed by atoms with E-state index in [1.807, 2.05) is 21.4 Å². The van der Waals surface area contributed by atoms with Crippen LogP contribution in [0.2, 0.25) is 0 Å². The monoisotopic (exact) mass is 405 g/mol. The number of carbonyl (C=O) groups is 2. The summed E-state index contributed by atoms with van der Waals surface area (Å²) < 4.78 is 0. The van der Waals surface area contributed by atoms with Crippen molar-refractivity contribution >= 4 is 23.3 Å². The molecule has 0 bridgehead atoms. The standard InChI is InChI=1S/C20H31N5O2S/c1-4-24-11-7-20(17(24)26)15-25(18(27)22(2)3)14-19(20)5-9-23(10-6-19)13-16-21-8-12-28-16/h8,12H,4-7,9-11,13-15H2,1-3H3. The Kier molecular flexibility index (Phi) is 5.12. The molecule has 3 fully saturated rings. The molecule has 0 radical (unpaired) electrons. The zero-order valence-electron chi connectivity index (χ0n) is 17.2. The highest BCUT2D eigenvalue weighted by Crippen LogP contribution is 2.58. The highest BCUT2D eigenvalue weighted by atomic mass is 32.1. The maximum Gasteiger partial charge on any atom is 0.319 e. The third kappa shape index (κ3) is 3.01. The molecule has 1 atom stereocenters. The smallest absolute Gasteiger partial charge is 0.319 e. The number of urea groups is 1. The zero-order valence-corrected chi connectivity index (χ0v) is 18.0. The molecule has 0 aliphatic carbocycles. The van der Waals surface area contributed by atoms with Crippen LogP contribution in [0.4, 0.5) is 4.79 Å². The first-order valence-electron chi connectivity index (χ1n) is 10.3. The first-order chi connectivity index (χ1) is 13.4. The number of rotatable bonds is 3. The highest BCUT2D eigenvalue weighted by molar-refractivity contribution is 7.09. The fourth-order valence-corrected chi connectivity index (χ4v) is 6.22. The van der Waals surface area contributed by atoms with Gasteiger partial charge in [-0.3, -0.25) is 9.69 Å². The Morgan fingerprint density at radius 1 is 1.21 bits per heavy atom. The maximum atomic E-state index is 13.5. The number of carbonyl (C=O) groups excluding carboxylic acids is 2. The molecule has 28 heavy (non-hydrogen) atoms. The van der Waals surface area contributed by atoms with Gasteiger partial charge in [-0.15, -0.1) is 11.3 Å². The third-order valence-electron chi connectivity index (χ3n) is 7.16. The van der Waals surface area contributed by atoms with Crippen LogP contribution >= 0.6 is 11.3 Å². The van der Waals surface area contributed by atoms with E-state index in [2.05, 4.69) is 16.8 Å². The number of piperidine rings is 1. The lowest BCUT2D eigenvalue weighted by Crippen LogP contribution is -2.52. The number of amides is 3. The van der Waals surface area contributed by atoms with Crippen molar-refractivity contribution in [3.63, 3.8) is 0 Å². The van der Waals surface area contributed by atoms with Gasteiger partial charge in [0.2, 0.25) is 5.91 Å². The molecule has 4 rings (SSSR count). The summed E-state index contributed by atoms with van der Waals surface area (Å²) in [5.41, 5.74) is -0.499. The number of fused-ring (bicyclic) bond motifs is 1. The van der Waals surface area contributed by atoms with Gasteiger partial charge in [0.1, 0.15) is 5.01 Å². The van der Waals surface area contributed by atoms with Crippen molar-refractivity contribution in [1.29, 1.82) is 0 Å². The lowest BCUT2D eigenvalue weighted by molar-refractivity contribution is -0.142. The molecule has 1 unspecified atom stereocenters. The first kappa shape index (κ1) is 19.6. The van der Waals surface area contributed by atoms with Crippen molar-refractivity contribution in [2.24, 2.45) is 10.8 Å². The molecule has 4 heterocycles. The Balaban J connectivity index is 1.56. The van der Waals surface area contributed by atoms with Crippen LogP contribution in [0.1, 0.15) is 31.2 Å². The predicted octanol–water partition coefficient (Wildman–Crippen LogP) is 1.96. The first-order valence-corrected chi connectivity index (χ1v) is 11.2. The normalized spacial score (nSPS) is 27.3. The minimum absolute atomic E-state index is 0.0317. The highest BCUT2D eigenvalue weighted by Gasteiger charge is 2.65. The number of nitrogens with zero attached hydrogens (tertiary/aromatic N) is 5. The lowest BCUT2D eigenvalue weighted by atomic mass is 9.60. The van der Waals surface area contributed by atoms with Gasteiger partial charge in [0.05, 0.1) is 12.0 Å². The number of hydrogen-bond acceptors (Lipinski definition) is 5. The lowest BCUT2D eigenvalue weighted by Gasteiger charge is -2.46. The van der Waals surface area contributed by atoms with E-state index in [0.29, 0.717) is 13.1 Å². The van der Waals surface area contributed by atoms with E-state index in [0.717, 1.165) is 57.0 Å². The number of aromatic nitrogens is 1. The largest absolute Gasteiger partial charge is 0.342 e. The van der Waals surface area contributed by atoms with Crippen LogP contribution in [0.25, 0.3) is 0 Å². The van der Waals surface area contributed by atoms with Crippen LogP contribution < -0.4 is 0 Å². The topological polar surface area (TPSA) is 60.0 Å². The number of likely N-dealkylation sites (tertiary alicyclic amines) is 3. The molecule has 8 heteroatoms. The Labute approximate surface area is 171 Å². The molecule has 7 nitrogen and oxygen atoms in total. The summed E-state index contributed by atoms with van der Waals surface area (Å²) in [7, 11) is 3.59. The average molecular weight is 406 g/mol. The summed E-state index contributed by atoms with van der Waals surface area (Å²) >= 11 is 1.70. The van der Waals surface area contributed by atoms with E-state index < -0.39 is 5.41 Å². The van der Waals surface area contributed by atoms with Gasteiger partial charge in [-0.05, 0) is 39.3 Å². The number of hydrogen-bond donors (Lipinski definition) is 0. The average Bonchev–Trinajstić information content (AvgIpc) is 3.38. The van der Waals surface area contributed by atoms with Gasteiger partial charge in [0, 0.05) is 57.3 Å². The zero-order chi connectivity index (χ0) is 19.9. The molecular formula is C20H31N5O2S. The van der Waals surface area contributed by atoms with Crippen LogP contribution in [-0.2, 0) is 11.3 Å². The second-order valence-corrected chi connectivity index (χ2v) is 9.71. The molecule has 2 spiro atoms. The summed E-state index contributed by atoms with van der Waals surface area (Å²) in [5, 5.41) is 3.17. The van der Waals surface area contributed by atoms with Gasteiger partial charge < -0.3 is 14.7 Å². The number of thiazole rings is 1. The minimum Gasteiger partial charge on any atom is -0.342 e. The molecule has 0 N–H and O–H groups in total. The molecule has 3 saturated heterocycles. The molecule has 3 amide bonds. The van der Waals surface area contributed by atoms with E-state index in [9.17, 15) is 9.59 Å². The fourth-order valence-electron chi connectivity index (χ4n) is 5.56. The van der Waals surface area contributed by atoms with Gasteiger partial charge in [-0.25, -0.2) is 9.78 Å². The van der Waals surface area contributed by atoms with Crippen molar-refractivity contribution in [3.05, 3.63) is 16.6 Å². The second-order valence-electron chi connectivity index (χ2n) is 8.73. The van der Waals surface area contributed by atoms with Crippen molar-refractivity contribution < 1.29 is 9.59 Å². The van der Waals surface area contributed by atoms with Crippen LogP contribution in [0, 0.1) is 10.8 Å². The second kappa shape index (κ2) is 7.30. The van der Waals surface area contributed by atoms with Crippen molar-refractivity contribution in [2.45, 2.75) is 32.7 Å². The van der Waals surface area contributed by atoms with Gasteiger partial charge >= 0.3 is 6.03 Å². The summed E-state index contributed by atoms with van der Waals surface area (Å²) in [6.45, 7) is 7.73. The van der Waals surface area contributed by atoms with Crippen molar-refractivity contribution in [1.82, 2.24) is 24.6 Å². The van der Waals surface area contributed by atoms with E-state index in [4.69, 9.17) is 0 Å². The van der Waals surface area contributed by atoms with Crippen LogP contribution in [0.5, 0.6) is 0 Å². The Morgan fingerprint density at radius 2 is 1.96 bits per heavy atom. The molecule has 1 aromatic rings. The Hall–Kier alpha value is -1.67. The molecule has 3 aliphatic rings. The van der Waals surface area contributed by atoms with E-state index in [-0.39, 0.29) is 17.4 Å². The Bertz CT molecular complexity index is 729. The van der Waals surface area contributed by atoms with Gasteiger partial charge in [-0.1, -0.05) is 0 Å². The van der Waals surface area contributed by atoms with Gasteiger partial charge in [0.15, 0.2) is 0 Å². The maximum absolute atomic E-state index is 13.5. The van der Waals surface area contributed by atoms with Crippen LogP contribution in [0.3, 0.4) is 0 Å². The van der Waals surface area contributed by atoms with Crippen molar-refractivity contribution in [2.75, 3.05) is 53.4 Å². The summed E-state index contributed by atoms with van der Waals surface area (Å²) in [6, 6.07) is 0.0317. The van der Waals surface area contributed by atoms with E-state index in [1.54, 1.807) is 30.3 Å². The fraction of sp³-hybridized carbons (Fsp3) is 0.750. The molecular weight excluding hydrogens is 374 g/mol. The van der Waals surface area contributed by atoms with Crippen molar-refractivity contribution in [3.8, 4) is 0 Å². The SMILES string of the molecule is CCN1CCC2(CN(C(=O)N(C)C)CC23CCN(Cc2nccs2)CC3)C1=O. The summed E-state index contributed by atoms with van der Waals surface area (Å²) in [5.74, 6) is 0.275. The molecule has 0 saturated carbocycles. The molecule has 154 valence electrons. The third-order valence-corrected chi connectivity index (χ3v) is 7.93. The summed E-state index contributed by atoms with van der Waals surface area (Å²) in [4.78, 5) is 38.7. The quantitative estimate of drug-likeness (QED) is 0.771. The van der Waals surface area contributed by atoms with E-state index in [1.165, 1.54) is 0 Å². The minimum atomic E-state index is -0.401. The molecule has 3 aliphatic heterocycles.